The molecule has 5 nitrogen and oxygen atoms in total. The van der Waals surface area contributed by atoms with Gasteiger partial charge in [0.15, 0.2) is 5.96 Å². The van der Waals surface area contributed by atoms with Crippen LogP contribution in [0.5, 0.6) is 11.5 Å². The summed E-state index contributed by atoms with van der Waals surface area (Å²) in [6.45, 7) is -2.02. The fraction of sp³-hybridized carbons (Fsp3) is 0.278. The van der Waals surface area contributed by atoms with Gasteiger partial charge in [-0.15, -0.1) is 24.0 Å². The first-order valence-electron chi connectivity index (χ1n) is 7.83. The Balaban J connectivity index is 0.00000364. The van der Waals surface area contributed by atoms with Crippen LogP contribution in [0.25, 0.3) is 0 Å². The molecule has 0 aliphatic carbocycles. The van der Waals surface area contributed by atoms with E-state index >= 15 is 0 Å². The molecule has 0 fully saturated rings. The molecular formula is C18H21BrF2IN3O2. The number of para-hydroxylation sites is 1. The molecule has 0 spiro atoms. The molecule has 2 aromatic carbocycles. The molecule has 0 aliphatic heterocycles. The maximum absolute atomic E-state index is 12.5. The number of halogens is 4. The van der Waals surface area contributed by atoms with Crippen LogP contribution in [0.15, 0.2) is 51.9 Å². The molecule has 0 heterocycles. The number of aliphatic imine (C=N–C) groups is 1. The number of hydrogen-bond acceptors (Lipinski definition) is 3. The summed E-state index contributed by atoms with van der Waals surface area (Å²) in [5, 5.41) is 6.25. The number of ether oxygens (including phenoxy) is 2. The van der Waals surface area contributed by atoms with E-state index in [0.717, 1.165) is 15.8 Å². The highest BCUT2D eigenvalue weighted by molar-refractivity contribution is 14.0. The van der Waals surface area contributed by atoms with E-state index in [4.69, 9.17) is 4.74 Å². The van der Waals surface area contributed by atoms with Crippen LogP contribution >= 0.6 is 39.9 Å². The van der Waals surface area contributed by atoms with Gasteiger partial charge in [0.25, 0.3) is 0 Å². The summed E-state index contributed by atoms with van der Waals surface area (Å²) in [7, 11) is 3.25. The van der Waals surface area contributed by atoms with E-state index in [1.807, 2.05) is 18.2 Å². The number of benzene rings is 2. The Morgan fingerprint density at radius 1 is 1.11 bits per heavy atom. The molecule has 148 valence electrons. The van der Waals surface area contributed by atoms with Crippen LogP contribution in [0.4, 0.5) is 8.78 Å². The fourth-order valence-electron chi connectivity index (χ4n) is 2.27. The van der Waals surface area contributed by atoms with Crippen molar-refractivity contribution < 1.29 is 18.3 Å². The quantitative estimate of drug-likeness (QED) is 0.299. The normalized spacial score (nSPS) is 11.0. The van der Waals surface area contributed by atoms with Gasteiger partial charge in [0.05, 0.1) is 11.6 Å². The van der Waals surface area contributed by atoms with Gasteiger partial charge in [-0.3, -0.25) is 4.99 Å². The molecule has 2 aromatic rings. The average molecular weight is 556 g/mol. The Morgan fingerprint density at radius 3 is 2.44 bits per heavy atom. The van der Waals surface area contributed by atoms with Crippen molar-refractivity contribution in [1.82, 2.24) is 10.6 Å². The van der Waals surface area contributed by atoms with Crippen LogP contribution in [-0.2, 0) is 13.1 Å². The van der Waals surface area contributed by atoms with E-state index in [1.54, 1.807) is 32.4 Å². The zero-order valence-corrected chi connectivity index (χ0v) is 18.8. The molecule has 0 aromatic heterocycles. The van der Waals surface area contributed by atoms with Gasteiger partial charge in [0, 0.05) is 25.7 Å². The van der Waals surface area contributed by atoms with Gasteiger partial charge in [-0.1, -0.05) is 24.3 Å². The van der Waals surface area contributed by atoms with Crippen molar-refractivity contribution in [3.05, 3.63) is 58.1 Å². The van der Waals surface area contributed by atoms with Crippen molar-refractivity contribution in [2.45, 2.75) is 19.7 Å². The lowest BCUT2D eigenvalue weighted by Gasteiger charge is -2.15. The number of guanidine groups is 1. The smallest absolute Gasteiger partial charge is 0.387 e. The molecule has 0 saturated heterocycles. The molecule has 2 rings (SSSR count). The number of alkyl halides is 2. The van der Waals surface area contributed by atoms with Gasteiger partial charge in [0.2, 0.25) is 0 Å². The van der Waals surface area contributed by atoms with Crippen LogP contribution in [0.1, 0.15) is 11.1 Å². The van der Waals surface area contributed by atoms with Crippen LogP contribution in [0.3, 0.4) is 0 Å². The van der Waals surface area contributed by atoms with E-state index in [0.29, 0.717) is 24.6 Å². The largest absolute Gasteiger partial charge is 0.496 e. The lowest BCUT2D eigenvalue weighted by Crippen LogP contribution is -2.36. The molecule has 2 N–H and O–H groups in total. The van der Waals surface area contributed by atoms with Crippen molar-refractivity contribution in [3.63, 3.8) is 0 Å². The lowest BCUT2D eigenvalue weighted by molar-refractivity contribution is -0.0504. The fourth-order valence-corrected chi connectivity index (χ4v) is 2.85. The minimum Gasteiger partial charge on any atom is -0.496 e. The van der Waals surface area contributed by atoms with Gasteiger partial charge in [-0.2, -0.15) is 8.78 Å². The minimum atomic E-state index is -2.86. The van der Waals surface area contributed by atoms with Crippen molar-refractivity contribution in [2.24, 2.45) is 4.99 Å². The number of rotatable bonds is 7. The van der Waals surface area contributed by atoms with Gasteiger partial charge in [-0.25, -0.2) is 0 Å². The van der Waals surface area contributed by atoms with Gasteiger partial charge in [-0.05, 0) is 39.7 Å². The predicted octanol–water partition coefficient (Wildman–Crippen LogP) is 4.54. The maximum Gasteiger partial charge on any atom is 0.387 e. The van der Waals surface area contributed by atoms with Gasteiger partial charge < -0.3 is 20.1 Å². The molecule has 0 atom stereocenters. The summed E-state index contributed by atoms with van der Waals surface area (Å²) in [6.07, 6.45) is 0. The summed E-state index contributed by atoms with van der Waals surface area (Å²) in [6, 6.07) is 12.4. The summed E-state index contributed by atoms with van der Waals surface area (Å²) in [4.78, 5) is 4.13. The SMILES string of the molecule is CN=C(NCc1ccc(OC)c(Br)c1)NCc1ccccc1OC(F)F.I. The van der Waals surface area contributed by atoms with Gasteiger partial charge >= 0.3 is 6.61 Å². The number of hydrogen-bond donors (Lipinski definition) is 2. The van der Waals surface area contributed by atoms with E-state index in [9.17, 15) is 8.78 Å². The topological polar surface area (TPSA) is 54.9 Å². The molecule has 0 saturated carbocycles. The monoisotopic (exact) mass is 555 g/mol. The van der Waals surface area contributed by atoms with Crippen molar-refractivity contribution in [2.75, 3.05) is 14.2 Å². The zero-order valence-electron chi connectivity index (χ0n) is 14.8. The minimum absolute atomic E-state index is 0. The Hall–Kier alpha value is -1.62. The van der Waals surface area contributed by atoms with Crippen molar-refractivity contribution in [1.29, 1.82) is 0 Å². The third-order valence-electron chi connectivity index (χ3n) is 3.53. The highest BCUT2D eigenvalue weighted by atomic mass is 127. The third kappa shape index (κ3) is 7.49. The van der Waals surface area contributed by atoms with Crippen molar-refractivity contribution >= 4 is 45.9 Å². The Morgan fingerprint density at radius 2 is 1.81 bits per heavy atom. The lowest BCUT2D eigenvalue weighted by atomic mass is 10.2. The molecule has 0 amide bonds. The molecule has 0 bridgehead atoms. The van der Waals surface area contributed by atoms with Crippen LogP contribution < -0.4 is 20.1 Å². The molecule has 9 heteroatoms. The Kier molecular flexibility index (Phi) is 10.4. The predicted molar refractivity (Wildman–Crippen MR) is 116 cm³/mol. The van der Waals surface area contributed by atoms with E-state index in [1.165, 1.54) is 6.07 Å². The summed E-state index contributed by atoms with van der Waals surface area (Å²) >= 11 is 3.45. The standard InChI is InChI=1S/C18H20BrF2N3O2.HI/c1-22-18(23-10-12-7-8-16(25-2)14(19)9-12)24-11-13-5-3-4-6-15(13)26-17(20)21;/h3-9,17H,10-11H2,1-2H3,(H2,22,23,24);1H. The van der Waals surface area contributed by atoms with Gasteiger partial charge in [0.1, 0.15) is 11.5 Å². The second-order valence-corrected chi connectivity index (χ2v) is 6.09. The second kappa shape index (κ2) is 12.0. The molecule has 0 unspecified atom stereocenters. The highest BCUT2D eigenvalue weighted by Gasteiger charge is 2.09. The summed E-state index contributed by atoms with van der Waals surface area (Å²) in [5.41, 5.74) is 1.64. The van der Waals surface area contributed by atoms with Crippen molar-refractivity contribution in [3.8, 4) is 11.5 Å². The van der Waals surface area contributed by atoms with Crippen LogP contribution in [-0.4, -0.2) is 26.7 Å². The molecule has 0 radical (unpaired) electrons. The second-order valence-electron chi connectivity index (χ2n) is 5.23. The zero-order chi connectivity index (χ0) is 18.9. The number of methoxy groups -OCH3 is 1. The summed E-state index contributed by atoms with van der Waals surface area (Å²) < 4.78 is 35.5. The number of nitrogens with one attached hydrogen (secondary N) is 2. The first-order chi connectivity index (χ1) is 12.5. The Bertz CT molecular complexity index is 763. The highest BCUT2D eigenvalue weighted by Crippen LogP contribution is 2.25. The van der Waals surface area contributed by atoms with E-state index < -0.39 is 6.61 Å². The third-order valence-corrected chi connectivity index (χ3v) is 4.15. The first-order valence-corrected chi connectivity index (χ1v) is 8.62. The van der Waals surface area contributed by atoms with Crippen LogP contribution in [0.2, 0.25) is 0 Å². The summed E-state index contributed by atoms with van der Waals surface area (Å²) in [5.74, 6) is 1.44. The average Bonchev–Trinajstić information content (AvgIpc) is 2.62. The number of nitrogens with zero attached hydrogens (tertiary/aromatic N) is 1. The molecule has 0 aliphatic rings. The molecular weight excluding hydrogens is 535 g/mol. The van der Waals surface area contributed by atoms with E-state index in [-0.39, 0.29) is 29.7 Å². The first kappa shape index (κ1) is 23.4. The van der Waals surface area contributed by atoms with E-state index in [2.05, 4.69) is 36.3 Å². The Labute approximate surface area is 182 Å². The molecule has 27 heavy (non-hydrogen) atoms. The maximum atomic E-state index is 12.5. The van der Waals surface area contributed by atoms with Crippen LogP contribution in [0, 0.1) is 0 Å².